The number of hydrogen-bond acceptors (Lipinski definition) is 4. The maximum absolute atomic E-state index is 4.84. The van der Waals surface area contributed by atoms with Crippen LogP contribution in [0.5, 0.6) is 0 Å². The van der Waals surface area contributed by atoms with E-state index in [1.54, 1.807) is 6.33 Å². The van der Waals surface area contributed by atoms with E-state index in [4.69, 9.17) is 4.99 Å². The lowest BCUT2D eigenvalue weighted by Gasteiger charge is -2.33. The highest BCUT2D eigenvalue weighted by Gasteiger charge is 2.24. The zero-order chi connectivity index (χ0) is 18.2. The van der Waals surface area contributed by atoms with Gasteiger partial charge in [-0.05, 0) is 39.5 Å². The lowest BCUT2D eigenvalue weighted by atomic mass is 9.96. The number of likely N-dealkylation sites (tertiary alicyclic amines) is 1. The Morgan fingerprint density at radius 1 is 1.31 bits per heavy atom. The van der Waals surface area contributed by atoms with Gasteiger partial charge in [-0.15, -0.1) is 0 Å². The highest BCUT2D eigenvalue weighted by atomic mass is 15.3. The molecule has 1 aliphatic heterocycles. The molecule has 0 radical (unpaired) electrons. The van der Waals surface area contributed by atoms with E-state index < -0.39 is 0 Å². The summed E-state index contributed by atoms with van der Waals surface area (Å²) in [5.74, 6) is 3.62. The third-order valence-electron chi connectivity index (χ3n) is 4.94. The average Bonchev–Trinajstić information content (AvgIpc) is 3.33. The van der Waals surface area contributed by atoms with Crippen molar-refractivity contribution in [3.63, 3.8) is 0 Å². The molecule has 0 aromatic carbocycles. The van der Waals surface area contributed by atoms with Crippen LogP contribution in [0.4, 0.5) is 0 Å². The Hall–Kier alpha value is -2.38. The van der Waals surface area contributed by atoms with Crippen molar-refractivity contribution in [1.29, 1.82) is 0 Å². The third kappa shape index (κ3) is 4.83. The number of aryl methyl sites for hydroxylation is 2. The first-order valence-electron chi connectivity index (χ1n) is 9.64. The predicted octanol–water partition coefficient (Wildman–Crippen LogP) is 1.93. The van der Waals surface area contributed by atoms with Crippen molar-refractivity contribution < 1.29 is 0 Å². The molecule has 3 heterocycles. The number of aromatic amines is 1. The van der Waals surface area contributed by atoms with Gasteiger partial charge in [0.2, 0.25) is 0 Å². The molecular formula is C18H30N8. The Bertz CT molecular complexity index is 667. The number of guanidine groups is 1. The van der Waals surface area contributed by atoms with E-state index in [0.29, 0.717) is 5.92 Å². The zero-order valence-corrected chi connectivity index (χ0v) is 15.9. The second-order valence-electron chi connectivity index (χ2n) is 6.74. The van der Waals surface area contributed by atoms with Gasteiger partial charge in [-0.25, -0.2) is 9.97 Å². The number of hydrogen-bond donors (Lipinski definition) is 2. The van der Waals surface area contributed by atoms with Crippen LogP contribution in [0.25, 0.3) is 0 Å². The summed E-state index contributed by atoms with van der Waals surface area (Å²) in [6.07, 6.45) is 9.87. The minimum absolute atomic E-state index is 0.482. The summed E-state index contributed by atoms with van der Waals surface area (Å²) in [6.45, 7) is 8.95. The average molecular weight is 358 g/mol. The van der Waals surface area contributed by atoms with E-state index in [0.717, 1.165) is 76.0 Å². The number of rotatable bonds is 7. The second-order valence-corrected chi connectivity index (χ2v) is 6.74. The SMILES string of the molecule is CCNC(=NCCCCn1ccnc1C)N1CCC(c2ncn[nH]2)CC1. The van der Waals surface area contributed by atoms with Crippen molar-refractivity contribution in [3.8, 4) is 0 Å². The van der Waals surface area contributed by atoms with Gasteiger partial charge in [0.1, 0.15) is 18.0 Å². The van der Waals surface area contributed by atoms with E-state index in [1.165, 1.54) is 0 Å². The maximum atomic E-state index is 4.84. The molecule has 0 unspecified atom stereocenters. The van der Waals surface area contributed by atoms with Crippen LogP contribution >= 0.6 is 0 Å². The second kappa shape index (κ2) is 9.35. The number of aliphatic imine (C=N–C) groups is 1. The Morgan fingerprint density at radius 2 is 2.15 bits per heavy atom. The molecular weight excluding hydrogens is 328 g/mol. The Morgan fingerprint density at radius 3 is 2.81 bits per heavy atom. The zero-order valence-electron chi connectivity index (χ0n) is 15.9. The van der Waals surface area contributed by atoms with Crippen LogP contribution in [-0.2, 0) is 6.54 Å². The smallest absolute Gasteiger partial charge is 0.193 e. The van der Waals surface area contributed by atoms with E-state index in [1.807, 2.05) is 19.3 Å². The summed E-state index contributed by atoms with van der Waals surface area (Å²) in [4.78, 5) is 15.8. The molecule has 1 aliphatic rings. The molecule has 0 bridgehead atoms. The van der Waals surface area contributed by atoms with Gasteiger partial charge in [-0.1, -0.05) is 0 Å². The van der Waals surface area contributed by atoms with Crippen LogP contribution in [0, 0.1) is 6.92 Å². The van der Waals surface area contributed by atoms with Crippen LogP contribution < -0.4 is 5.32 Å². The first-order valence-corrected chi connectivity index (χ1v) is 9.64. The number of aromatic nitrogens is 5. The lowest BCUT2D eigenvalue weighted by Crippen LogP contribution is -2.45. The van der Waals surface area contributed by atoms with Crippen LogP contribution in [0.15, 0.2) is 23.7 Å². The minimum atomic E-state index is 0.482. The molecule has 8 nitrogen and oxygen atoms in total. The van der Waals surface area contributed by atoms with E-state index >= 15 is 0 Å². The Balaban J connectivity index is 1.44. The molecule has 0 atom stereocenters. The van der Waals surface area contributed by atoms with Gasteiger partial charge < -0.3 is 14.8 Å². The van der Waals surface area contributed by atoms with Crippen molar-refractivity contribution >= 4 is 5.96 Å². The quantitative estimate of drug-likeness (QED) is 0.449. The highest BCUT2D eigenvalue weighted by molar-refractivity contribution is 5.80. The van der Waals surface area contributed by atoms with Crippen LogP contribution in [-0.4, -0.2) is 61.8 Å². The first-order chi connectivity index (χ1) is 12.8. The van der Waals surface area contributed by atoms with Gasteiger partial charge in [0.05, 0.1) is 0 Å². The summed E-state index contributed by atoms with van der Waals surface area (Å²) < 4.78 is 2.20. The normalized spacial score (nSPS) is 16.2. The van der Waals surface area contributed by atoms with Crippen LogP contribution in [0.1, 0.15) is 50.2 Å². The number of unbranched alkanes of at least 4 members (excludes halogenated alkanes) is 1. The standard InChI is InChI=1S/C18H30N8/c1-3-19-18(21-8-4-5-10-25-13-9-20-15(25)2)26-11-6-16(7-12-26)17-22-14-23-24-17/h9,13-14,16H,3-8,10-12H2,1-2H3,(H,19,21)(H,22,23,24). The summed E-state index contributed by atoms with van der Waals surface area (Å²) >= 11 is 0. The molecule has 2 aromatic heterocycles. The van der Waals surface area contributed by atoms with Gasteiger partial charge in [-0.2, -0.15) is 5.10 Å². The summed E-state index contributed by atoms with van der Waals surface area (Å²) in [7, 11) is 0. The minimum Gasteiger partial charge on any atom is -0.357 e. The molecule has 3 rings (SSSR count). The van der Waals surface area contributed by atoms with Gasteiger partial charge >= 0.3 is 0 Å². The molecule has 1 saturated heterocycles. The fraction of sp³-hybridized carbons (Fsp3) is 0.667. The first kappa shape index (κ1) is 18.4. The molecule has 142 valence electrons. The lowest BCUT2D eigenvalue weighted by molar-refractivity contribution is 0.299. The van der Waals surface area contributed by atoms with Crippen molar-refractivity contribution in [2.75, 3.05) is 26.2 Å². The Labute approximate surface area is 155 Å². The van der Waals surface area contributed by atoms with Crippen LogP contribution in [0.2, 0.25) is 0 Å². The molecule has 2 aromatic rings. The monoisotopic (exact) mass is 358 g/mol. The van der Waals surface area contributed by atoms with Crippen molar-refractivity contribution in [2.24, 2.45) is 4.99 Å². The van der Waals surface area contributed by atoms with E-state index in [-0.39, 0.29) is 0 Å². The highest BCUT2D eigenvalue weighted by Crippen LogP contribution is 2.24. The van der Waals surface area contributed by atoms with E-state index in [9.17, 15) is 0 Å². The van der Waals surface area contributed by atoms with Crippen LogP contribution in [0.3, 0.4) is 0 Å². The molecule has 0 saturated carbocycles. The fourth-order valence-corrected chi connectivity index (χ4v) is 3.42. The topological polar surface area (TPSA) is 87.0 Å². The predicted molar refractivity (Wildman–Crippen MR) is 102 cm³/mol. The number of nitrogens with one attached hydrogen (secondary N) is 2. The molecule has 0 amide bonds. The van der Waals surface area contributed by atoms with Crippen molar-refractivity contribution in [2.45, 2.75) is 52.0 Å². The van der Waals surface area contributed by atoms with Gasteiger partial charge in [0.25, 0.3) is 0 Å². The fourth-order valence-electron chi connectivity index (χ4n) is 3.42. The van der Waals surface area contributed by atoms with Gasteiger partial charge in [0, 0.05) is 51.0 Å². The Kier molecular flexibility index (Phi) is 6.62. The molecule has 2 N–H and O–H groups in total. The summed E-state index contributed by atoms with van der Waals surface area (Å²) in [6, 6.07) is 0. The molecule has 8 heteroatoms. The number of nitrogens with zero attached hydrogens (tertiary/aromatic N) is 6. The van der Waals surface area contributed by atoms with E-state index in [2.05, 4.69) is 41.9 Å². The molecule has 0 spiro atoms. The maximum Gasteiger partial charge on any atom is 0.193 e. The largest absolute Gasteiger partial charge is 0.357 e. The van der Waals surface area contributed by atoms with Gasteiger partial charge in [-0.3, -0.25) is 10.1 Å². The number of piperidine rings is 1. The van der Waals surface area contributed by atoms with Crippen molar-refractivity contribution in [3.05, 3.63) is 30.4 Å². The number of H-pyrrole nitrogens is 1. The molecule has 0 aliphatic carbocycles. The third-order valence-corrected chi connectivity index (χ3v) is 4.94. The van der Waals surface area contributed by atoms with Gasteiger partial charge in [0.15, 0.2) is 5.96 Å². The summed E-state index contributed by atoms with van der Waals surface area (Å²) in [5, 5.41) is 10.4. The summed E-state index contributed by atoms with van der Waals surface area (Å²) in [5.41, 5.74) is 0. The van der Waals surface area contributed by atoms with Crippen molar-refractivity contribution in [1.82, 2.24) is 34.9 Å². The number of imidazole rings is 1. The molecule has 1 fully saturated rings. The molecule has 26 heavy (non-hydrogen) atoms.